The van der Waals surface area contributed by atoms with Crippen molar-refractivity contribution in [3.05, 3.63) is 53.6 Å². The largest absolute Gasteiger partial charge is 0.383 e. The zero-order valence-electron chi connectivity index (χ0n) is 12.7. The highest BCUT2D eigenvalue weighted by atomic mass is 16.5. The average Bonchev–Trinajstić information content (AvgIpc) is 2.88. The fourth-order valence-corrected chi connectivity index (χ4v) is 2.87. The highest BCUT2D eigenvalue weighted by Crippen LogP contribution is 2.37. The summed E-state index contributed by atoms with van der Waals surface area (Å²) < 4.78 is 5.58. The van der Waals surface area contributed by atoms with E-state index in [2.05, 4.69) is 54.7 Å². The first-order valence-electron chi connectivity index (χ1n) is 7.91. The summed E-state index contributed by atoms with van der Waals surface area (Å²) in [4.78, 5) is 0. The minimum atomic E-state index is 0.775. The van der Waals surface area contributed by atoms with Crippen LogP contribution < -0.4 is 5.32 Å². The Morgan fingerprint density at radius 3 is 2.76 bits per heavy atom. The van der Waals surface area contributed by atoms with Gasteiger partial charge in [0.05, 0.1) is 6.61 Å². The number of rotatable bonds is 7. The van der Waals surface area contributed by atoms with Gasteiger partial charge in [-0.15, -0.1) is 0 Å². The van der Waals surface area contributed by atoms with Gasteiger partial charge in [-0.05, 0) is 47.2 Å². The summed E-state index contributed by atoms with van der Waals surface area (Å²) in [6.45, 7) is 4.70. The average molecular weight is 281 g/mol. The van der Waals surface area contributed by atoms with E-state index in [9.17, 15) is 0 Å². The van der Waals surface area contributed by atoms with Crippen molar-refractivity contribution < 1.29 is 4.74 Å². The Morgan fingerprint density at radius 2 is 1.86 bits per heavy atom. The van der Waals surface area contributed by atoms with Crippen LogP contribution in [0.5, 0.6) is 0 Å². The summed E-state index contributed by atoms with van der Waals surface area (Å²) in [6.07, 6.45) is 3.39. The quantitative estimate of drug-likeness (QED) is 0.644. The highest BCUT2D eigenvalue weighted by molar-refractivity contribution is 5.78. The molecular formula is C19H23NO. The van der Waals surface area contributed by atoms with Gasteiger partial charge in [0.1, 0.15) is 0 Å². The molecule has 0 atom stereocenters. The van der Waals surface area contributed by atoms with Crippen LogP contribution in [-0.2, 0) is 11.2 Å². The molecular weight excluding hydrogens is 258 g/mol. The third-order valence-electron chi connectivity index (χ3n) is 4.01. The second-order valence-electron chi connectivity index (χ2n) is 5.60. The lowest BCUT2D eigenvalue weighted by molar-refractivity contribution is 0.141. The Bertz CT molecular complexity index is 606. The molecule has 0 radical (unpaired) electrons. The summed E-state index contributed by atoms with van der Waals surface area (Å²) >= 11 is 0. The maximum atomic E-state index is 5.58. The Morgan fingerprint density at radius 1 is 1.00 bits per heavy atom. The van der Waals surface area contributed by atoms with E-state index in [-0.39, 0.29) is 0 Å². The van der Waals surface area contributed by atoms with Crippen LogP contribution in [0.25, 0.3) is 11.1 Å². The predicted molar refractivity (Wildman–Crippen MR) is 88.9 cm³/mol. The van der Waals surface area contributed by atoms with Crippen LogP contribution in [0.2, 0.25) is 0 Å². The molecule has 0 aromatic heterocycles. The second-order valence-corrected chi connectivity index (χ2v) is 5.60. The number of anilines is 1. The molecule has 0 spiro atoms. The number of unbranched alkanes of at least 4 members (excludes halogenated alkanes) is 1. The van der Waals surface area contributed by atoms with Crippen molar-refractivity contribution in [1.29, 1.82) is 0 Å². The smallest absolute Gasteiger partial charge is 0.0639 e. The SMILES string of the molecule is CCCCOCCNc1ccc2c(c1)Cc1ccccc1-2. The van der Waals surface area contributed by atoms with E-state index in [4.69, 9.17) is 4.74 Å². The number of fused-ring (bicyclic) bond motifs is 3. The number of hydrogen-bond acceptors (Lipinski definition) is 2. The zero-order valence-corrected chi connectivity index (χ0v) is 12.7. The van der Waals surface area contributed by atoms with Crippen LogP contribution in [0.15, 0.2) is 42.5 Å². The van der Waals surface area contributed by atoms with Crippen molar-refractivity contribution >= 4 is 5.69 Å². The molecule has 0 saturated heterocycles. The molecule has 2 nitrogen and oxygen atoms in total. The Kier molecular flexibility index (Phi) is 4.56. The normalized spacial score (nSPS) is 12.0. The van der Waals surface area contributed by atoms with Crippen molar-refractivity contribution in [1.82, 2.24) is 0 Å². The van der Waals surface area contributed by atoms with Crippen molar-refractivity contribution in [2.24, 2.45) is 0 Å². The molecule has 0 unspecified atom stereocenters. The minimum absolute atomic E-state index is 0.775. The summed E-state index contributed by atoms with van der Waals surface area (Å²) in [6, 6.07) is 15.4. The second kappa shape index (κ2) is 6.77. The van der Waals surface area contributed by atoms with Crippen molar-refractivity contribution in [2.75, 3.05) is 25.1 Å². The lowest BCUT2D eigenvalue weighted by Crippen LogP contribution is -2.10. The lowest BCUT2D eigenvalue weighted by Gasteiger charge is -2.09. The molecule has 2 aromatic rings. The molecule has 21 heavy (non-hydrogen) atoms. The van der Waals surface area contributed by atoms with E-state index in [0.717, 1.165) is 32.6 Å². The third kappa shape index (κ3) is 3.27. The molecule has 0 fully saturated rings. The molecule has 3 rings (SSSR count). The van der Waals surface area contributed by atoms with Gasteiger partial charge >= 0.3 is 0 Å². The summed E-state index contributed by atoms with van der Waals surface area (Å²) in [5, 5.41) is 3.45. The van der Waals surface area contributed by atoms with Gasteiger partial charge in [0.25, 0.3) is 0 Å². The number of nitrogens with one attached hydrogen (secondary N) is 1. The fourth-order valence-electron chi connectivity index (χ4n) is 2.87. The third-order valence-corrected chi connectivity index (χ3v) is 4.01. The molecule has 110 valence electrons. The van der Waals surface area contributed by atoms with E-state index in [1.54, 1.807) is 0 Å². The van der Waals surface area contributed by atoms with E-state index in [1.165, 1.54) is 34.4 Å². The van der Waals surface area contributed by atoms with Crippen molar-refractivity contribution in [2.45, 2.75) is 26.2 Å². The molecule has 1 N–H and O–H groups in total. The van der Waals surface area contributed by atoms with Gasteiger partial charge in [-0.1, -0.05) is 43.7 Å². The zero-order chi connectivity index (χ0) is 14.5. The maximum absolute atomic E-state index is 5.58. The first-order valence-corrected chi connectivity index (χ1v) is 7.91. The maximum Gasteiger partial charge on any atom is 0.0639 e. The monoisotopic (exact) mass is 281 g/mol. The van der Waals surface area contributed by atoms with Crippen LogP contribution in [0.1, 0.15) is 30.9 Å². The molecule has 1 aliphatic carbocycles. The van der Waals surface area contributed by atoms with Gasteiger partial charge in [-0.25, -0.2) is 0 Å². The highest BCUT2D eigenvalue weighted by Gasteiger charge is 2.17. The van der Waals surface area contributed by atoms with Crippen LogP contribution in [-0.4, -0.2) is 19.8 Å². The Labute approximate surface area is 127 Å². The Balaban J connectivity index is 1.57. The summed E-state index contributed by atoms with van der Waals surface area (Å²) in [5.41, 5.74) is 6.83. The topological polar surface area (TPSA) is 21.3 Å². The Hall–Kier alpha value is -1.80. The first-order chi connectivity index (χ1) is 10.4. The molecule has 0 aliphatic heterocycles. The molecule has 0 heterocycles. The van der Waals surface area contributed by atoms with Crippen molar-refractivity contribution in [3.63, 3.8) is 0 Å². The van der Waals surface area contributed by atoms with Crippen LogP contribution in [0.4, 0.5) is 5.69 Å². The minimum Gasteiger partial charge on any atom is -0.383 e. The van der Waals surface area contributed by atoms with E-state index in [0.29, 0.717) is 0 Å². The van der Waals surface area contributed by atoms with Crippen LogP contribution >= 0.6 is 0 Å². The molecule has 0 bridgehead atoms. The molecule has 2 aromatic carbocycles. The van der Waals surface area contributed by atoms with E-state index in [1.807, 2.05) is 0 Å². The molecule has 1 aliphatic rings. The predicted octanol–water partition coefficient (Wildman–Crippen LogP) is 4.49. The summed E-state index contributed by atoms with van der Waals surface area (Å²) in [5.74, 6) is 0. The standard InChI is InChI=1S/C19H23NO/c1-2-3-11-21-12-10-20-17-8-9-19-16(14-17)13-15-6-4-5-7-18(15)19/h4-9,14,20H,2-3,10-13H2,1H3. The van der Waals surface area contributed by atoms with Gasteiger partial charge in [0.15, 0.2) is 0 Å². The van der Waals surface area contributed by atoms with Crippen molar-refractivity contribution in [3.8, 4) is 11.1 Å². The van der Waals surface area contributed by atoms with E-state index >= 15 is 0 Å². The first kappa shape index (κ1) is 14.2. The lowest BCUT2D eigenvalue weighted by atomic mass is 10.1. The van der Waals surface area contributed by atoms with Gasteiger partial charge in [0, 0.05) is 18.8 Å². The van der Waals surface area contributed by atoms with Gasteiger partial charge < -0.3 is 10.1 Å². The van der Waals surface area contributed by atoms with Gasteiger partial charge in [-0.3, -0.25) is 0 Å². The number of hydrogen-bond donors (Lipinski definition) is 1. The fraction of sp³-hybridized carbons (Fsp3) is 0.368. The van der Waals surface area contributed by atoms with Gasteiger partial charge in [0.2, 0.25) is 0 Å². The molecule has 0 saturated carbocycles. The van der Waals surface area contributed by atoms with Crippen LogP contribution in [0, 0.1) is 0 Å². The van der Waals surface area contributed by atoms with Gasteiger partial charge in [-0.2, -0.15) is 0 Å². The number of ether oxygens (including phenoxy) is 1. The van der Waals surface area contributed by atoms with Crippen LogP contribution in [0.3, 0.4) is 0 Å². The number of benzene rings is 2. The molecule has 0 amide bonds. The van der Waals surface area contributed by atoms with E-state index < -0.39 is 0 Å². The summed E-state index contributed by atoms with van der Waals surface area (Å²) in [7, 11) is 0. The molecule has 2 heteroatoms.